The number of hydrogen-bond donors (Lipinski definition) is 0. The van der Waals surface area contributed by atoms with Gasteiger partial charge in [-0.15, -0.1) is 41.8 Å². The molecular weight excluding hydrogens is 334 g/mol. The van der Waals surface area contributed by atoms with Gasteiger partial charge in [-0.1, -0.05) is 36.4 Å². The monoisotopic (exact) mass is 345 g/mol. The van der Waals surface area contributed by atoms with Crippen LogP contribution in [0.2, 0.25) is 0 Å². The second-order valence-electron chi connectivity index (χ2n) is 2.97. The fourth-order valence-corrected chi connectivity index (χ4v) is 1.29. The van der Waals surface area contributed by atoms with Crippen LogP contribution >= 0.6 is 0 Å². The van der Waals surface area contributed by atoms with Gasteiger partial charge < -0.3 is 0 Å². The molecule has 0 saturated heterocycles. The topological polar surface area (TPSA) is 0 Å². The minimum atomic E-state index is 0. The molecule has 0 aliphatic rings. The van der Waals surface area contributed by atoms with Gasteiger partial charge >= 0.3 is 0 Å². The summed E-state index contributed by atoms with van der Waals surface area (Å²) in [5, 5.41) is 0. The van der Waals surface area contributed by atoms with Crippen LogP contribution in [0.3, 0.4) is 0 Å². The first-order valence-corrected chi connectivity index (χ1v) is 4.40. The Labute approximate surface area is 142 Å². The minimum Gasteiger partial charge on any atom is -0.126 e. The van der Waals surface area contributed by atoms with Gasteiger partial charge in [-0.2, -0.15) is 0 Å². The maximum absolute atomic E-state index is 2.17. The van der Waals surface area contributed by atoms with Gasteiger partial charge in [0.05, 0.1) is 0 Å². The summed E-state index contributed by atoms with van der Waals surface area (Å²) in [4.78, 5) is 0. The molecule has 2 radical (unpaired) electrons. The molecule has 0 aliphatic heterocycles. The van der Waals surface area contributed by atoms with Gasteiger partial charge in [0, 0.05) is 65.4 Å². The predicted octanol–water partition coefficient (Wildman–Crippen LogP) is 3.28. The largest absolute Gasteiger partial charge is 0.126 e. The Morgan fingerprint density at radius 3 is 1.20 bits per heavy atom. The van der Waals surface area contributed by atoms with E-state index in [1.807, 2.05) is 12.1 Å². The van der Waals surface area contributed by atoms with E-state index in [4.69, 9.17) is 0 Å². The van der Waals surface area contributed by atoms with Crippen LogP contribution in [-0.2, 0) is 65.4 Å². The summed E-state index contributed by atoms with van der Waals surface area (Å²) in [6.07, 6.45) is 2.17. The predicted molar refractivity (Wildman–Crippen MR) is 55.4 cm³/mol. The molecule has 0 aliphatic carbocycles. The fraction of sp³-hybridized carbons (Fsp3) is 0. The molecule has 0 nitrogen and oxygen atoms in total. The maximum Gasteiger partial charge on any atom is 0 e. The van der Waals surface area contributed by atoms with E-state index in [1.54, 1.807) is 0 Å². The average Bonchev–Trinajstić information content (AvgIpc) is 2.21. The van der Waals surface area contributed by atoms with Gasteiger partial charge in [0.1, 0.15) is 0 Å². The van der Waals surface area contributed by atoms with Crippen molar-refractivity contribution in [2.75, 3.05) is 0 Å². The molecule has 0 unspecified atom stereocenters. The SMILES string of the molecule is [Y].[Y].c1ccc([CH-]c2ccccc2)cc1. The molecule has 0 bridgehead atoms. The first-order valence-electron chi connectivity index (χ1n) is 4.40. The third kappa shape index (κ3) is 5.40. The summed E-state index contributed by atoms with van der Waals surface area (Å²) in [6, 6.07) is 20.7. The Balaban J connectivity index is 0.000000980. The quantitative estimate of drug-likeness (QED) is 0.733. The standard InChI is InChI=1S/C13H11.2Y/c1-3-7-12(8-4-1)11-13-9-5-2-6-10-13;;/h1-11H;;/q-1;;. The zero-order valence-corrected chi connectivity index (χ0v) is 14.2. The molecule has 2 aromatic rings. The third-order valence-corrected chi connectivity index (χ3v) is 1.93. The Morgan fingerprint density at radius 2 is 0.867 bits per heavy atom. The first kappa shape index (κ1) is 15.5. The second kappa shape index (κ2) is 8.64. The van der Waals surface area contributed by atoms with Crippen LogP contribution in [0.1, 0.15) is 11.1 Å². The number of benzene rings is 2. The van der Waals surface area contributed by atoms with Crippen molar-refractivity contribution in [1.29, 1.82) is 0 Å². The molecule has 70 valence electrons. The molecule has 0 saturated carbocycles. The second-order valence-corrected chi connectivity index (χ2v) is 2.97. The molecule has 15 heavy (non-hydrogen) atoms. The van der Waals surface area contributed by atoms with Crippen molar-refractivity contribution in [3.63, 3.8) is 0 Å². The Hall–Kier alpha value is 0.518. The van der Waals surface area contributed by atoms with Crippen molar-refractivity contribution in [2.45, 2.75) is 0 Å². The van der Waals surface area contributed by atoms with Gasteiger partial charge in [-0.3, -0.25) is 0 Å². The number of hydrogen-bond acceptors (Lipinski definition) is 0. The van der Waals surface area contributed by atoms with Gasteiger partial charge in [-0.05, 0) is 0 Å². The van der Waals surface area contributed by atoms with E-state index in [-0.39, 0.29) is 65.4 Å². The zero-order valence-electron chi connectivity index (χ0n) is 8.51. The first-order chi connectivity index (χ1) is 6.45. The summed E-state index contributed by atoms with van der Waals surface area (Å²) in [7, 11) is 0. The molecule has 0 fully saturated rings. The van der Waals surface area contributed by atoms with Gasteiger partial charge in [0.2, 0.25) is 0 Å². The van der Waals surface area contributed by atoms with E-state index in [1.165, 1.54) is 11.1 Å². The van der Waals surface area contributed by atoms with E-state index in [2.05, 4.69) is 55.0 Å². The molecule has 2 aromatic carbocycles. The van der Waals surface area contributed by atoms with E-state index < -0.39 is 0 Å². The Morgan fingerprint density at radius 1 is 0.533 bits per heavy atom. The molecule has 0 heterocycles. The Kier molecular flexibility index (Phi) is 8.94. The molecule has 0 atom stereocenters. The molecule has 0 aromatic heterocycles. The summed E-state index contributed by atoms with van der Waals surface area (Å²) >= 11 is 0. The molecule has 0 spiro atoms. The summed E-state index contributed by atoms with van der Waals surface area (Å²) in [5.74, 6) is 0. The van der Waals surface area contributed by atoms with E-state index in [0.717, 1.165) is 0 Å². The third-order valence-electron chi connectivity index (χ3n) is 1.93. The van der Waals surface area contributed by atoms with Crippen molar-refractivity contribution in [3.05, 3.63) is 78.2 Å². The summed E-state index contributed by atoms with van der Waals surface area (Å²) in [5.41, 5.74) is 2.49. The van der Waals surface area contributed by atoms with Crippen LogP contribution in [0, 0.1) is 6.42 Å². The van der Waals surface area contributed by atoms with Crippen molar-refractivity contribution in [1.82, 2.24) is 0 Å². The smallest absolute Gasteiger partial charge is 0 e. The van der Waals surface area contributed by atoms with Crippen molar-refractivity contribution >= 4 is 0 Å². The van der Waals surface area contributed by atoms with E-state index in [0.29, 0.717) is 0 Å². The molecule has 2 heteroatoms. The van der Waals surface area contributed by atoms with Gasteiger partial charge in [0.25, 0.3) is 0 Å². The Bertz CT molecular complexity index is 319. The number of rotatable bonds is 2. The van der Waals surface area contributed by atoms with E-state index >= 15 is 0 Å². The van der Waals surface area contributed by atoms with Crippen LogP contribution in [0.15, 0.2) is 60.7 Å². The fourth-order valence-electron chi connectivity index (χ4n) is 1.29. The van der Waals surface area contributed by atoms with Gasteiger partial charge in [-0.25, -0.2) is 0 Å². The van der Waals surface area contributed by atoms with Crippen LogP contribution in [0.4, 0.5) is 0 Å². The normalized spacial score (nSPS) is 8.27. The van der Waals surface area contributed by atoms with Crippen LogP contribution in [0.5, 0.6) is 0 Å². The molecular formula is C13H11Y2-. The van der Waals surface area contributed by atoms with Crippen LogP contribution in [0.25, 0.3) is 0 Å². The van der Waals surface area contributed by atoms with Crippen molar-refractivity contribution < 1.29 is 65.4 Å². The summed E-state index contributed by atoms with van der Waals surface area (Å²) < 4.78 is 0. The van der Waals surface area contributed by atoms with E-state index in [9.17, 15) is 0 Å². The average molecular weight is 345 g/mol. The molecule has 2 rings (SSSR count). The van der Waals surface area contributed by atoms with Crippen LogP contribution < -0.4 is 0 Å². The maximum atomic E-state index is 2.17. The minimum absolute atomic E-state index is 0. The van der Waals surface area contributed by atoms with Crippen LogP contribution in [-0.4, -0.2) is 0 Å². The molecule has 0 amide bonds. The van der Waals surface area contributed by atoms with Crippen molar-refractivity contribution in [3.8, 4) is 0 Å². The zero-order chi connectivity index (χ0) is 8.93. The van der Waals surface area contributed by atoms with Gasteiger partial charge in [0.15, 0.2) is 0 Å². The summed E-state index contributed by atoms with van der Waals surface area (Å²) in [6.45, 7) is 0. The van der Waals surface area contributed by atoms with Crippen molar-refractivity contribution in [2.24, 2.45) is 0 Å². The molecule has 0 N–H and O–H groups in total.